The molecule has 10 aromatic rings. The van der Waals surface area contributed by atoms with Crippen LogP contribution < -0.4 is 4.74 Å². The van der Waals surface area contributed by atoms with Gasteiger partial charge in [0.25, 0.3) is 0 Å². The van der Waals surface area contributed by atoms with Gasteiger partial charge in [0.1, 0.15) is 22.7 Å². The fourth-order valence-corrected chi connectivity index (χ4v) is 8.85. The first-order valence-electron chi connectivity index (χ1n) is 19.3. The summed E-state index contributed by atoms with van der Waals surface area (Å²) in [5, 5.41) is 4.50. The van der Waals surface area contributed by atoms with Crippen molar-refractivity contribution in [3.05, 3.63) is 187 Å². The van der Waals surface area contributed by atoms with Crippen molar-refractivity contribution in [1.29, 1.82) is 0 Å². The number of nitrogens with zero attached hydrogens (tertiary/aromatic N) is 4. The second-order valence-corrected chi connectivity index (χ2v) is 14.7. The quantitative estimate of drug-likeness (QED) is 0.176. The van der Waals surface area contributed by atoms with E-state index in [4.69, 9.17) is 24.1 Å². The van der Waals surface area contributed by atoms with Gasteiger partial charge < -0.3 is 13.7 Å². The molecule has 0 saturated heterocycles. The molecule has 2 aliphatic rings. The van der Waals surface area contributed by atoms with Crippen LogP contribution in [0.3, 0.4) is 0 Å². The number of fused-ring (bicyclic) bond motifs is 9. The topological polar surface area (TPSA) is 66.0 Å². The number of benzene rings is 7. The van der Waals surface area contributed by atoms with E-state index in [0.717, 1.165) is 78.9 Å². The number of aromatic nitrogens is 4. The lowest BCUT2D eigenvalue weighted by atomic mass is 9.87. The van der Waals surface area contributed by atoms with E-state index in [9.17, 15) is 0 Å². The van der Waals surface area contributed by atoms with Gasteiger partial charge in [-0.3, -0.25) is 0 Å². The van der Waals surface area contributed by atoms with Crippen molar-refractivity contribution < 1.29 is 9.15 Å². The average Bonchev–Trinajstić information content (AvgIpc) is 3.96. The zero-order valence-electron chi connectivity index (χ0n) is 30.6. The molecule has 6 nitrogen and oxygen atoms in total. The van der Waals surface area contributed by atoms with Crippen molar-refractivity contribution in [2.75, 3.05) is 0 Å². The highest BCUT2D eigenvalue weighted by Gasteiger charge is 2.37. The molecule has 268 valence electrons. The Balaban J connectivity index is 1.04. The Morgan fingerprint density at radius 3 is 2.04 bits per heavy atom. The van der Waals surface area contributed by atoms with E-state index < -0.39 is 0 Å². The summed E-state index contributed by atoms with van der Waals surface area (Å²) in [6, 6.07) is 56.6. The van der Waals surface area contributed by atoms with Gasteiger partial charge in [0.2, 0.25) is 0 Å². The molecule has 6 heteroatoms. The molecule has 4 heterocycles. The SMILES string of the molecule is C1=CC(n2c3ccccc3c3cc(-c4ccccc4)ccc32)=C2Oc3cccc(-c4nc(-c5ccccc5)nc(-c5cccc6c5oc5ccccc56)n4)c3C2C1. The molecule has 0 fully saturated rings. The highest BCUT2D eigenvalue weighted by atomic mass is 16.5. The summed E-state index contributed by atoms with van der Waals surface area (Å²) in [4.78, 5) is 15.5. The standard InChI is InChI=1S/C51H32N4O2/c1-3-14-31(15-4-1)33-28-29-42-40(30-33)34-18-7-9-24-41(34)55(42)43-25-12-21-37-46-38(22-13-27-45(46)57-48(37)43)50-52-49(32-16-5-2-6-17-32)53-51(54-50)39-23-11-20-36-35-19-8-10-26-44(35)56-47(36)39/h1-20,22-30,37H,21H2. The van der Waals surface area contributed by atoms with Gasteiger partial charge in [-0.2, -0.15) is 0 Å². The van der Waals surface area contributed by atoms with Gasteiger partial charge in [-0.1, -0.05) is 133 Å². The maximum absolute atomic E-state index is 6.94. The molecule has 1 atom stereocenters. The van der Waals surface area contributed by atoms with E-state index in [2.05, 4.69) is 114 Å². The van der Waals surface area contributed by atoms with Crippen LogP contribution in [0.15, 0.2) is 186 Å². The summed E-state index contributed by atoms with van der Waals surface area (Å²) in [5.41, 5.74) is 11.0. The average molecular weight is 733 g/mol. The predicted molar refractivity (Wildman–Crippen MR) is 229 cm³/mol. The molecule has 1 unspecified atom stereocenters. The minimum atomic E-state index is -0.0322. The number of allylic oxidation sites excluding steroid dienone is 4. The molecule has 7 aromatic carbocycles. The minimum Gasteiger partial charge on any atom is -0.459 e. The van der Waals surface area contributed by atoms with Crippen molar-refractivity contribution in [2.45, 2.75) is 12.3 Å². The zero-order chi connectivity index (χ0) is 37.5. The molecule has 0 bridgehead atoms. The van der Waals surface area contributed by atoms with Gasteiger partial charge in [-0.15, -0.1) is 0 Å². The van der Waals surface area contributed by atoms with Crippen LogP contribution in [0.25, 0.3) is 94.7 Å². The molecule has 0 radical (unpaired) electrons. The van der Waals surface area contributed by atoms with Crippen molar-refractivity contribution in [1.82, 2.24) is 19.5 Å². The van der Waals surface area contributed by atoms with E-state index in [1.165, 1.54) is 21.9 Å². The van der Waals surface area contributed by atoms with Crippen LogP contribution in [-0.4, -0.2) is 19.5 Å². The smallest absolute Gasteiger partial charge is 0.167 e. The van der Waals surface area contributed by atoms with E-state index in [1.807, 2.05) is 66.7 Å². The Labute approximate surface area is 327 Å². The normalized spacial score (nSPS) is 14.8. The number of hydrogen-bond acceptors (Lipinski definition) is 5. The first-order valence-corrected chi connectivity index (χ1v) is 19.3. The second kappa shape index (κ2) is 12.5. The third-order valence-electron chi connectivity index (χ3n) is 11.4. The van der Waals surface area contributed by atoms with Crippen LogP contribution in [0, 0.1) is 0 Å². The molecule has 1 aliphatic heterocycles. The van der Waals surface area contributed by atoms with Crippen LogP contribution in [0.1, 0.15) is 17.9 Å². The third-order valence-corrected chi connectivity index (χ3v) is 11.4. The van der Waals surface area contributed by atoms with Gasteiger partial charge >= 0.3 is 0 Å². The summed E-state index contributed by atoms with van der Waals surface area (Å²) < 4.78 is 15.8. The lowest BCUT2D eigenvalue weighted by Gasteiger charge is -2.20. The van der Waals surface area contributed by atoms with Crippen LogP contribution >= 0.6 is 0 Å². The highest BCUT2D eigenvalue weighted by molar-refractivity contribution is 6.12. The number of para-hydroxylation sites is 3. The molecule has 57 heavy (non-hydrogen) atoms. The molecule has 3 aromatic heterocycles. The van der Waals surface area contributed by atoms with Crippen molar-refractivity contribution in [3.8, 4) is 51.0 Å². The Morgan fingerprint density at radius 1 is 0.509 bits per heavy atom. The van der Waals surface area contributed by atoms with Crippen molar-refractivity contribution >= 4 is 49.4 Å². The lowest BCUT2D eigenvalue weighted by molar-refractivity contribution is 0.426. The molecule has 1 aliphatic carbocycles. The maximum Gasteiger partial charge on any atom is 0.167 e. The summed E-state index contributed by atoms with van der Waals surface area (Å²) in [6.07, 6.45) is 5.28. The van der Waals surface area contributed by atoms with E-state index in [1.54, 1.807) is 0 Å². The van der Waals surface area contributed by atoms with Crippen molar-refractivity contribution in [3.63, 3.8) is 0 Å². The van der Waals surface area contributed by atoms with Gasteiger partial charge in [0.05, 0.1) is 28.2 Å². The number of hydrogen-bond donors (Lipinski definition) is 0. The summed E-state index contributed by atoms with van der Waals surface area (Å²) in [7, 11) is 0. The van der Waals surface area contributed by atoms with E-state index in [0.29, 0.717) is 17.5 Å². The molecule has 0 amide bonds. The summed E-state index contributed by atoms with van der Waals surface area (Å²) >= 11 is 0. The monoisotopic (exact) mass is 732 g/mol. The van der Waals surface area contributed by atoms with Crippen LogP contribution in [-0.2, 0) is 0 Å². The molecular weight excluding hydrogens is 701 g/mol. The minimum absolute atomic E-state index is 0.0322. The molecule has 12 rings (SSSR count). The summed E-state index contributed by atoms with van der Waals surface area (Å²) in [6.45, 7) is 0. The fourth-order valence-electron chi connectivity index (χ4n) is 8.85. The number of ether oxygens (including phenoxy) is 1. The molecule has 0 saturated carbocycles. The Morgan fingerprint density at radius 2 is 1.18 bits per heavy atom. The molecular formula is C51H32N4O2. The second-order valence-electron chi connectivity index (χ2n) is 14.7. The number of rotatable bonds is 5. The predicted octanol–water partition coefficient (Wildman–Crippen LogP) is 12.9. The Kier molecular flexibility index (Phi) is 6.95. The zero-order valence-corrected chi connectivity index (χ0v) is 30.6. The Bertz CT molecular complexity index is 3300. The fraction of sp³-hybridized carbons (Fsp3) is 0.0392. The van der Waals surface area contributed by atoms with Gasteiger partial charge in [-0.25, -0.2) is 15.0 Å². The van der Waals surface area contributed by atoms with Crippen LogP contribution in [0.5, 0.6) is 5.75 Å². The Hall–Kier alpha value is -7.57. The van der Waals surface area contributed by atoms with Crippen LogP contribution in [0.2, 0.25) is 0 Å². The maximum atomic E-state index is 6.94. The van der Waals surface area contributed by atoms with E-state index >= 15 is 0 Å². The first kappa shape index (κ1) is 31.7. The molecule has 0 spiro atoms. The highest BCUT2D eigenvalue weighted by Crippen LogP contribution is 2.51. The van der Waals surface area contributed by atoms with Gasteiger partial charge in [-0.05, 0) is 60.0 Å². The molecule has 0 N–H and O–H groups in total. The first-order chi connectivity index (χ1) is 28.3. The van der Waals surface area contributed by atoms with Gasteiger partial charge in [0, 0.05) is 38.2 Å². The van der Waals surface area contributed by atoms with E-state index in [-0.39, 0.29) is 5.92 Å². The lowest BCUT2D eigenvalue weighted by Crippen LogP contribution is -2.10. The third kappa shape index (κ3) is 4.94. The number of furan rings is 1. The van der Waals surface area contributed by atoms with Crippen molar-refractivity contribution in [2.24, 2.45) is 0 Å². The van der Waals surface area contributed by atoms with Crippen LogP contribution in [0.4, 0.5) is 0 Å². The largest absolute Gasteiger partial charge is 0.459 e. The van der Waals surface area contributed by atoms with Gasteiger partial charge in [0.15, 0.2) is 17.5 Å². The summed E-state index contributed by atoms with van der Waals surface area (Å²) in [5.74, 6) is 3.47.